The maximum atomic E-state index is 6.39. The zero-order valence-corrected chi connectivity index (χ0v) is 13.2. The Morgan fingerprint density at radius 3 is 2.73 bits per heavy atom. The van der Waals surface area contributed by atoms with Gasteiger partial charge in [-0.25, -0.2) is 0 Å². The fourth-order valence-corrected chi connectivity index (χ4v) is 3.31. The van der Waals surface area contributed by atoms with Crippen molar-refractivity contribution in [2.45, 2.75) is 13.8 Å². The molecule has 0 saturated heterocycles. The Bertz CT molecular complexity index is 919. The van der Waals surface area contributed by atoms with E-state index in [1.54, 1.807) is 6.26 Å². The molecule has 1 aromatic heterocycles. The van der Waals surface area contributed by atoms with Gasteiger partial charge in [-0.1, -0.05) is 29.8 Å². The van der Waals surface area contributed by atoms with Gasteiger partial charge in [0.2, 0.25) is 0 Å². The zero-order valence-electron chi connectivity index (χ0n) is 12.4. The molecular formula is C19H15ClO2. The molecule has 0 amide bonds. The Hall–Kier alpha value is -2.19. The fourth-order valence-electron chi connectivity index (χ4n) is 3.08. The maximum absolute atomic E-state index is 6.39. The lowest BCUT2D eigenvalue weighted by Gasteiger charge is -2.21. The van der Waals surface area contributed by atoms with Gasteiger partial charge in [0.05, 0.1) is 6.26 Å². The van der Waals surface area contributed by atoms with Crippen LogP contribution < -0.4 is 4.74 Å². The van der Waals surface area contributed by atoms with Gasteiger partial charge in [-0.15, -0.1) is 0 Å². The van der Waals surface area contributed by atoms with E-state index in [2.05, 4.69) is 19.1 Å². The molecule has 3 aromatic rings. The van der Waals surface area contributed by atoms with Crippen LogP contribution in [0, 0.1) is 13.8 Å². The van der Waals surface area contributed by atoms with Crippen molar-refractivity contribution in [1.82, 2.24) is 0 Å². The van der Waals surface area contributed by atoms with Gasteiger partial charge in [0.15, 0.2) is 0 Å². The fraction of sp³-hybridized carbons (Fsp3) is 0.158. The first-order chi connectivity index (χ1) is 10.7. The lowest BCUT2D eigenvalue weighted by atomic mass is 9.92. The van der Waals surface area contributed by atoms with E-state index in [1.165, 1.54) is 0 Å². The highest BCUT2D eigenvalue weighted by atomic mass is 35.5. The van der Waals surface area contributed by atoms with E-state index in [1.807, 2.05) is 31.2 Å². The average molecular weight is 311 g/mol. The standard InChI is InChI=1S/C19H15ClO2/c1-11-10-22-18-12(2)19-16(9-15(11)18)13(7-8-21-19)14-5-3-4-6-17(14)20/h3-7,9-10H,8H2,1-2H3. The van der Waals surface area contributed by atoms with Crippen LogP contribution >= 0.6 is 11.6 Å². The molecule has 4 rings (SSSR count). The maximum Gasteiger partial charge on any atom is 0.140 e. The van der Waals surface area contributed by atoms with Gasteiger partial charge in [0.25, 0.3) is 0 Å². The van der Waals surface area contributed by atoms with E-state index >= 15 is 0 Å². The predicted molar refractivity (Wildman–Crippen MR) is 89.7 cm³/mol. The first-order valence-electron chi connectivity index (χ1n) is 7.26. The topological polar surface area (TPSA) is 22.4 Å². The summed E-state index contributed by atoms with van der Waals surface area (Å²) >= 11 is 6.39. The molecule has 1 aliphatic rings. The summed E-state index contributed by atoms with van der Waals surface area (Å²) in [5.74, 6) is 0.888. The van der Waals surface area contributed by atoms with Crippen LogP contribution in [0.4, 0.5) is 0 Å². The normalized spacial score (nSPS) is 13.7. The summed E-state index contributed by atoms with van der Waals surface area (Å²) in [4.78, 5) is 0. The Balaban J connectivity index is 2.02. The smallest absolute Gasteiger partial charge is 0.140 e. The van der Waals surface area contributed by atoms with Crippen LogP contribution in [0.2, 0.25) is 5.02 Å². The summed E-state index contributed by atoms with van der Waals surface area (Å²) in [6.07, 6.45) is 3.88. The number of ether oxygens (including phenoxy) is 1. The number of aryl methyl sites for hydroxylation is 2. The lowest BCUT2D eigenvalue weighted by molar-refractivity contribution is 0.355. The summed E-state index contributed by atoms with van der Waals surface area (Å²) in [5, 5.41) is 1.88. The van der Waals surface area contributed by atoms with Crippen LogP contribution in [0.5, 0.6) is 5.75 Å². The van der Waals surface area contributed by atoms with Crippen LogP contribution in [-0.2, 0) is 0 Å². The number of benzene rings is 2. The highest BCUT2D eigenvalue weighted by Gasteiger charge is 2.22. The third-order valence-corrected chi connectivity index (χ3v) is 4.54. The van der Waals surface area contributed by atoms with Crippen LogP contribution in [0.15, 0.2) is 47.1 Å². The van der Waals surface area contributed by atoms with Crippen molar-refractivity contribution in [3.8, 4) is 5.75 Å². The van der Waals surface area contributed by atoms with Crippen molar-refractivity contribution in [2.24, 2.45) is 0 Å². The predicted octanol–water partition coefficient (Wildman–Crippen LogP) is 5.53. The minimum absolute atomic E-state index is 0.541. The zero-order chi connectivity index (χ0) is 15.3. The SMILES string of the molecule is Cc1coc2c(C)c3c(cc12)C(c1ccccc1Cl)=CCO3. The number of halogens is 1. The van der Waals surface area contributed by atoms with Gasteiger partial charge >= 0.3 is 0 Å². The van der Waals surface area contributed by atoms with Gasteiger partial charge in [-0.2, -0.15) is 0 Å². The molecule has 2 heterocycles. The molecule has 3 heteroatoms. The monoisotopic (exact) mass is 310 g/mol. The molecule has 0 fully saturated rings. The molecule has 0 aliphatic carbocycles. The van der Waals surface area contributed by atoms with Gasteiger partial charge in [-0.05, 0) is 43.2 Å². The van der Waals surface area contributed by atoms with E-state index < -0.39 is 0 Å². The minimum atomic E-state index is 0.541. The number of rotatable bonds is 1. The molecule has 0 bridgehead atoms. The summed E-state index contributed by atoms with van der Waals surface area (Å²) < 4.78 is 11.6. The summed E-state index contributed by atoms with van der Waals surface area (Å²) in [6, 6.07) is 10.1. The quantitative estimate of drug-likeness (QED) is 0.590. The average Bonchev–Trinajstić information content (AvgIpc) is 2.90. The lowest BCUT2D eigenvalue weighted by Crippen LogP contribution is -2.07. The van der Waals surface area contributed by atoms with E-state index in [0.29, 0.717) is 6.61 Å². The van der Waals surface area contributed by atoms with Crippen molar-refractivity contribution in [3.63, 3.8) is 0 Å². The second-order valence-electron chi connectivity index (χ2n) is 5.58. The summed E-state index contributed by atoms with van der Waals surface area (Å²) in [7, 11) is 0. The van der Waals surface area contributed by atoms with E-state index in [-0.39, 0.29) is 0 Å². The number of hydrogen-bond donors (Lipinski definition) is 0. The van der Waals surface area contributed by atoms with Gasteiger partial charge in [-0.3, -0.25) is 0 Å². The molecule has 0 radical (unpaired) electrons. The highest BCUT2D eigenvalue weighted by Crippen LogP contribution is 2.42. The first kappa shape index (κ1) is 13.5. The molecular weight excluding hydrogens is 296 g/mol. The van der Waals surface area contributed by atoms with E-state index in [0.717, 1.165) is 49.6 Å². The Morgan fingerprint density at radius 1 is 1.09 bits per heavy atom. The van der Waals surface area contributed by atoms with Crippen molar-refractivity contribution in [1.29, 1.82) is 0 Å². The largest absolute Gasteiger partial charge is 0.488 e. The molecule has 0 unspecified atom stereocenters. The molecule has 110 valence electrons. The summed E-state index contributed by atoms with van der Waals surface area (Å²) in [5.41, 5.74) is 6.31. The van der Waals surface area contributed by atoms with E-state index in [9.17, 15) is 0 Å². The van der Waals surface area contributed by atoms with Crippen molar-refractivity contribution >= 4 is 28.1 Å². The third-order valence-electron chi connectivity index (χ3n) is 4.21. The Labute approximate surface area is 134 Å². The Kier molecular flexibility index (Phi) is 3.02. The van der Waals surface area contributed by atoms with Gasteiger partial charge < -0.3 is 9.15 Å². The molecule has 1 aliphatic heterocycles. The number of furan rings is 1. The highest BCUT2D eigenvalue weighted by molar-refractivity contribution is 6.32. The molecule has 0 N–H and O–H groups in total. The summed E-state index contributed by atoms with van der Waals surface area (Å²) in [6.45, 7) is 4.64. The third kappa shape index (κ3) is 1.87. The first-order valence-corrected chi connectivity index (χ1v) is 7.64. The number of fused-ring (bicyclic) bond motifs is 2. The molecule has 2 aromatic carbocycles. The second kappa shape index (κ2) is 4.92. The molecule has 2 nitrogen and oxygen atoms in total. The van der Waals surface area contributed by atoms with Gasteiger partial charge in [0, 0.05) is 27.1 Å². The minimum Gasteiger partial charge on any atom is -0.488 e. The van der Waals surface area contributed by atoms with Crippen molar-refractivity contribution in [2.75, 3.05) is 6.61 Å². The molecule has 22 heavy (non-hydrogen) atoms. The van der Waals surface area contributed by atoms with Gasteiger partial charge in [0.1, 0.15) is 17.9 Å². The van der Waals surface area contributed by atoms with Crippen molar-refractivity contribution in [3.05, 3.63) is 69.9 Å². The van der Waals surface area contributed by atoms with Crippen LogP contribution in [0.1, 0.15) is 22.3 Å². The van der Waals surface area contributed by atoms with Crippen LogP contribution in [0.25, 0.3) is 16.5 Å². The molecule has 0 saturated carbocycles. The molecule has 0 spiro atoms. The molecule has 0 atom stereocenters. The van der Waals surface area contributed by atoms with Crippen LogP contribution in [-0.4, -0.2) is 6.61 Å². The Morgan fingerprint density at radius 2 is 1.91 bits per heavy atom. The second-order valence-corrected chi connectivity index (χ2v) is 5.99. The van der Waals surface area contributed by atoms with Crippen LogP contribution in [0.3, 0.4) is 0 Å². The van der Waals surface area contributed by atoms with Crippen molar-refractivity contribution < 1.29 is 9.15 Å². The van der Waals surface area contributed by atoms with E-state index in [4.69, 9.17) is 20.8 Å². The number of hydrogen-bond acceptors (Lipinski definition) is 2.